The Hall–Kier alpha value is -0.630. The van der Waals surface area contributed by atoms with E-state index in [0.29, 0.717) is 31.2 Å². The van der Waals surface area contributed by atoms with E-state index in [1.165, 1.54) is 4.31 Å². The van der Waals surface area contributed by atoms with Crippen LogP contribution in [0.25, 0.3) is 0 Å². The molecule has 0 saturated carbocycles. The molecule has 0 atom stereocenters. The molecule has 3 N–H and O–H groups in total. The van der Waals surface area contributed by atoms with Gasteiger partial charge in [0.15, 0.2) is 0 Å². The summed E-state index contributed by atoms with van der Waals surface area (Å²) in [6.45, 7) is 3.63. The smallest absolute Gasteiger partial charge is 0.301 e. The number of halogens is 1. The maximum Gasteiger partial charge on any atom is 0.301 e. The van der Waals surface area contributed by atoms with Crippen molar-refractivity contribution in [1.82, 2.24) is 4.31 Å². The molecular weight excluding hydrogens is 342 g/mol. The SMILES string of the molecule is Cc1cc(NS(=O)(=O)N2CCC(CN)CC2)ccc1Br. The molecule has 0 unspecified atom stereocenters. The second-order valence-electron chi connectivity index (χ2n) is 5.15. The summed E-state index contributed by atoms with van der Waals surface area (Å²) in [4.78, 5) is 0. The van der Waals surface area contributed by atoms with Crippen molar-refractivity contribution in [3.05, 3.63) is 28.2 Å². The second kappa shape index (κ2) is 6.43. The van der Waals surface area contributed by atoms with Crippen LogP contribution in [-0.2, 0) is 10.2 Å². The van der Waals surface area contributed by atoms with Crippen molar-refractivity contribution in [3.63, 3.8) is 0 Å². The van der Waals surface area contributed by atoms with Crippen LogP contribution in [0, 0.1) is 12.8 Å². The van der Waals surface area contributed by atoms with Gasteiger partial charge in [0.2, 0.25) is 0 Å². The Balaban J connectivity index is 2.05. The molecular formula is C13H20BrN3O2S. The highest BCUT2D eigenvalue weighted by Crippen LogP contribution is 2.23. The lowest BCUT2D eigenvalue weighted by atomic mass is 9.99. The highest BCUT2D eigenvalue weighted by atomic mass is 79.9. The van der Waals surface area contributed by atoms with E-state index < -0.39 is 10.2 Å². The monoisotopic (exact) mass is 361 g/mol. The molecule has 0 amide bonds. The van der Waals surface area contributed by atoms with Crippen LogP contribution in [0.2, 0.25) is 0 Å². The highest BCUT2D eigenvalue weighted by Gasteiger charge is 2.27. The van der Waals surface area contributed by atoms with Gasteiger partial charge in [0, 0.05) is 17.6 Å². The zero-order valence-corrected chi connectivity index (χ0v) is 13.9. The summed E-state index contributed by atoms with van der Waals surface area (Å²) >= 11 is 3.40. The van der Waals surface area contributed by atoms with Crippen LogP contribution >= 0.6 is 15.9 Å². The molecule has 1 heterocycles. The van der Waals surface area contributed by atoms with Crippen LogP contribution in [0.1, 0.15) is 18.4 Å². The zero-order valence-electron chi connectivity index (χ0n) is 11.5. The van der Waals surface area contributed by atoms with Crippen molar-refractivity contribution in [2.24, 2.45) is 11.7 Å². The summed E-state index contributed by atoms with van der Waals surface area (Å²) in [5.41, 5.74) is 7.21. The normalized spacial score (nSPS) is 18.1. The summed E-state index contributed by atoms with van der Waals surface area (Å²) in [5.74, 6) is 0.441. The van der Waals surface area contributed by atoms with Crippen molar-refractivity contribution in [2.75, 3.05) is 24.4 Å². The lowest BCUT2D eigenvalue weighted by Crippen LogP contribution is -2.42. The number of anilines is 1. The molecule has 7 heteroatoms. The largest absolute Gasteiger partial charge is 0.330 e. The Labute approximate surface area is 128 Å². The Morgan fingerprint density at radius 3 is 2.60 bits per heavy atom. The summed E-state index contributed by atoms with van der Waals surface area (Å²) in [7, 11) is -3.47. The Kier molecular flexibility index (Phi) is 5.06. The lowest BCUT2D eigenvalue weighted by Gasteiger charge is -2.30. The van der Waals surface area contributed by atoms with Crippen LogP contribution in [-0.4, -0.2) is 32.4 Å². The minimum atomic E-state index is -3.47. The lowest BCUT2D eigenvalue weighted by molar-refractivity contribution is 0.280. The van der Waals surface area contributed by atoms with Crippen molar-refractivity contribution in [2.45, 2.75) is 19.8 Å². The Morgan fingerprint density at radius 1 is 1.40 bits per heavy atom. The van der Waals surface area contributed by atoms with E-state index >= 15 is 0 Å². The first-order chi connectivity index (χ1) is 9.42. The first-order valence-corrected chi connectivity index (χ1v) is 8.90. The van der Waals surface area contributed by atoms with Gasteiger partial charge in [0.1, 0.15) is 0 Å². The maximum absolute atomic E-state index is 12.3. The molecule has 1 fully saturated rings. The zero-order chi connectivity index (χ0) is 14.8. The predicted octanol–water partition coefficient (Wildman–Crippen LogP) is 2.08. The Bertz CT molecular complexity index is 569. The van der Waals surface area contributed by atoms with Crippen LogP contribution < -0.4 is 10.5 Å². The number of hydrogen-bond donors (Lipinski definition) is 2. The van der Waals surface area contributed by atoms with E-state index in [-0.39, 0.29) is 0 Å². The van der Waals surface area contributed by atoms with Gasteiger partial charge in [0.25, 0.3) is 0 Å². The average molecular weight is 362 g/mol. The minimum Gasteiger partial charge on any atom is -0.330 e. The van der Waals surface area contributed by atoms with Gasteiger partial charge in [-0.3, -0.25) is 4.72 Å². The van der Waals surface area contributed by atoms with E-state index in [1.54, 1.807) is 6.07 Å². The molecule has 0 radical (unpaired) electrons. The van der Waals surface area contributed by atoms with E-state index in [1.807, 2.05) is 19.1 Å². The molecule has 0 bridgehead atoms. The van der Waals surface area contributed by atoms with Crippen LogP contribution in [0.4, 0.5) is 5.69 Å². The minimum absolute atomic E-state index is 0.441. The molecule has 1 saturated heterocycles. The fraction of sp³-hybridized carbons (Fsp3) is 0.538. The molecule has 0 spiro atoms. The summed E-state index contributed by atoms with van der Waals surface area (Å²) in [6.07, 6.45) is 1.66. The van der Waals surface area contributed by atoms with Gasteiger partial charge in [0.05, 0.1) is 5.69 Å². The van der Waals surface area contributed by atoms with Gasteiger partial charge in [-0.2, -0.15) is 12.7 Å². The van der Waals surface area contributed by atoms with Gasteiger partial charge < -0.3 is 5.73 Å². The van der Waals surface area contributed by atoms with Gasteiger partial charge in [-0.05, 0) is 56.0 Å². The summed E-state index contributed by atoms with van der Waals surface area (Å²) in [6, 6.07) is 5.41. The van der Waals surface area contributed by atoms with Gasteiger partial charge in [-0.1, -0.05) is 15.9 Å². The van der Waals surface area contributed by atoms with Crippen molar-refractivity contribution in [1.29, 1.82) is 0 Å². The number of nitrogens with zero attached hydrogens (tertiary/aromatic N) is 1. The average Bonchev–Trinajstić information content (AvgIpc) is 2.43. The maximum atomic E-state index is 12.3. The van der Waals surface area contributed by atoms with Crippen molar-refractivity contribution >= 4 is 31.8 Å². The predicted molar refractivity (Wildman–Crippen MR) is 84.8 cm³/mol. The summed E-state index contributed by atoms with van der Waals surface area (Å²) < 4.78 is 29.7. The van der Waals surface area contributed by atoms with Gasteiger partial charge in [-0.15, -0.1) is 0 Å². The number of benzene rings is 1. The van der Waals surface area contributed by atoms with Crippen molar-refractivity contribution < 1.29 is 8.42 Å². The first kappa shape index (κ1) is 15.8. The molecule has 20 heavy (non-hydrogen) atoms. The number of aryl methyl sites for hydroxylation is 1. The van der Waals surface area contributed by atoms with Crippen molar-refractivity contribution in [3.8, 4) is 0 Å². The molecule has 0 aliphatic carbocycles. The molecule has 2 rings (SSSR count). The topological polar surface area (TPSA) is 75.4 Å². The fourth-order valence-corrected chi connectivity index (χ4v) is 3.80. The van der Waals surface area contributed by atoms with Gasteiger partial charge >= 0.3 is 10.2 Å². The number of nitrogens with one attached hydrogen (secondary N) is 1. The molecule has 1 aromatic carbocycles. The fourth-order valence-electron chi connectivity index (χ4n) is 2.31. The van der Waals surface area contributed by atoms with Crippen LogP contribution in [0.3, 0.4) is 0 Å². The van der Waals surface area contributed by atoms with E-state index in [0.717, 1.165) is 22.9 Å². The number of nitrogens with two attached hydrogens (primary N) is 1. The quantitative estimate of drug-likeness (QED) is 0.861. The highest BCUT2D eigenvalue weighted by molar-refractivity contribution is 9.10. The van der Waals surface area contributed by atoms with Gasteiger partial charge in [-0.25, -0.2) is 0 Å². The molecule has 1 aliphatic heterocycles. The first-order valence-electron chi connectivity index (χ1n) is 6.66. The third-order valence-corrected chi connectivity index (χ3v) is 6.08. The molecule has 1 aromatic rings. The molecule has 0 aromatic heterocycles. The van der Waals surface area contributed by atoms with Crippen LogP contribution in [0.5, 0.6) is 0 Å². The van der Waals surface area contributed by atoms with E-state index in [4.69, 9.17) is 5.73 Å². The molecule has 112 valence electrons. The number of hydrogen-bond acceptors (Lipinski definition) is 3. The third-order valence-electron chi connectivity index (χ3n) is 3.65. The van der Waals surface area contributed by atoms with Crippen LogP contribution in [0.15, 0.2) is 22.7 Å². The number of piperidine rings is 1. The van der Waals surface area contributed by atoms with E-state index in [9.17, 15) is 8.42 Å². The third kappa shape index (κ3) is 3.72. The second-order valence-corrected chi connectivity index (χ2v) is 7.67. The number of rotatable bonds is 4. The molecule has 5 nitrogen and oxygen atoms in total. The Morgan fingerprint density at radius 2 is 2.05 bits per heavy atom. The standard InChI is InChI=1S/C13H20BrN3O2S/c1-10-8-12(2-3-13(10)14)16-20(18,19)17-6-4-11(9-15)5-7-17/h2-3,8,11,16H,4-7,9,15H2,1H3. The summed E-state index contributed by atoms with van der Waals surface area (Å²) in [5, 5.41) is 0. The molecule has 1 aliphatic rings. The van der Waals surface area contributed by atoms with E-state index in [2.05, 4.69) is 20.7 Å².